The number of carbonyl (C=O) groups excluding carboxylic acids is 2. The summed E-state index contributed by atoms with van der Waals surface area (Å²) in [6, 6.07) is 15.9. The molecule has 0 aliphatic rings. The number of hydrogen-bond acceptors (Lipinski definition) is 7. The molecule has 11 nitrogen and oxygen atoms in total. The molecule has 3 aromatic carbocycles. The second-order valence-corrected chi connectivity index (χ2v) is 11.8. The van der Waals surface area contributed by atoms with Crippen molar-refractivity contribution < 1.29 is 23.1 Å². The molecule has 0 radical (unpaired) electrons. The van der Waals surface area contributed by atoms with E-state index in [1.807, 2.05) is 0 Å². The summed E-state index contributed by atoms with van der Waals surface area (Å²) < 4.78 is 37.1. The molecule has 0 spiro atoms. The van der Waals surface area contributed by atoms with Crippen molar-refractivity contribution in [2.75, 3.05) is 32.1 Å². The monoisotopic (exact) mass is 676 g/mol. The lowest BCUT2D eigenvalue weighted by Crippen LogP contribution is -2.40. The summed E-state index contributed by atoms with van der Waals surface area (Å²) in [7, 11) is 1.60. The molecule has 0 aliphatic carbocycles. The summed E-state index contributed by atoms with van der Waals surface area (Å²) in [6.07, 6.45) is 0.682. The van der Waals surface area contributed by atoms with Crippen molar-refractivity contribution in [3.63, 3.8) is 0 Å². The molecule has 0 unspecified atom stereocenters. The SMILES string of the molecule is CCNC(=O)Nc1ccc(-c2sc3c(c2CNCCCOC)c(=O)n(-c2ccccc2C(N)=O)c(=O)n3Cc2c(F)cccc2F)cc1. The lowest BCUT2D eigenvalue weighted by atomic mass is 10.1. The Kier molecular flexibility index (Phi) is 10.8. The fourth-order valence-corrected chi connectivity index (χ4v) is 6.65. The molecule has 14 heteroatoms. The van der Waals surface area contributed by atoms with Crippen LogP contribution in [0.4, 0.5) is 19.3 Å². The van der Waals surface area contributed by atoms with Gasteiger partial charge in [-0.25, -0.2) is 22.9 Å². The highest BCUT2D eigenvalue weighted by Gasteiger charge is 2.26. The molecule has 2 aromatic heterocycles. The lowest BCUT2D eigenvalue weighted by Gasteiger charge is -2.15. The maximum Gasteiger partial charge on any atom is 0.337 e. The molecule has 250 valence electrons. The highest BCUT2D eigenvalue weighted by atomic mass is 32.1. The number of ether oxygens (including phenoxy) is 1. The number of fused-ring (bicyclic) bond motifs is 1. The van der Waals surface area contributed by atoms with Crippen molar-refractivity contribution in [1.82, 2.24) is 19.8 Å². The number of hydrogen-bond donors (Lipinski definition) is 4. The maximum atomic E-state index is 15.0. The Labute approximate surface area is 278 Å². The second-order valence-electron chi connectivity index (χ2n) is 10.8. The number of amides is 3. The average Bonchev–Trinajstić information content (AvgIpc) is 3.44. The number of aromatic nitrogens is 2. The molecule has 5 aromatic rings. The van der Waals surface area contributed by atoms with Crippen LogP contribution in [0.2, 0.25) is 0 Å². The van der Waals surface area contributed by atoms with Crippen LogP contribution in [0.15, 0.2) is 76.3 Å². The van der Waals surface area contributed by atoms with Crippen LogP contribution in [0.5, 0.6) is 0 Å². The standard InChI is InChI=1S/C34H34F2N6O5S/c1-3-39-33(45)40-21-14-12-20(13-15-21)29-23(18-38-16-7-17-47-2)28-31(44)42(27-11-5-4-8-22(27)30(37)43)34(46)41(32(28)48-29)19-24-25(35)9-6-10-26(24)36/h4-6,8-15,38H,3,7,16-19H2,1-2H3,(H2,37,43)(H2,39,40,45). The summed E-state index contributed by atoms with van der Waals surface area (Å²) in [5.41, 5.74) is 5.23. The van der Waals surface area contributed by atoms with E-state index >= 15 is 0 Å². The summed E-state index contributed by atoms with van der Waals surface area (Å²) in [4.78, 5) is 54.0. The normalized spacial score (nSPS) is 11.2. The van der Waals surface area contributed by atoms with E-state index in [-0.39, 0.29) is 39.6 Å². The molecule has 2 heterocycles. The third-order valence-electron chi connectivity index (χ3n) is 7.61. The number of carbonyl (C=O) groups is 2. The predicted molar refractivity (Wildman–Crippen MR) is 182 cm³/mol. The quantitative estimate of drug-likeness (QED) is 0.134. The molecular formula is C34H34F2N6O5S. The minimum Gasteiger partial charge on any atom is -0.385 e. The van der Waals surface area contributed by atoms with E-state index in [1.165, 1.54) is 18.2 Å². The highest BCUT2D eigenvalue weighted by Crippen LogP contribution is 2.38. The van der Waals surface area contributed by atoms with Crippen molar-refractivity contribution in [3.8, 4) is 16.1 Å². The zero-order valence-corrected chi connectivity index (χ0v) is 27.1. The van der Waals surface area contributed by atoms with Crippen molar-refractivity contribution in [1.29, 1.82) is 0 Å². The van der Waals surface area contributed by atoms with Crippen LogP contribution in [0.25, 0.3) is 26.3 Å². The van der Waals surface area contributed by atoms with E-state index in [9.17, 15) is 28.0 Å². The van der Waals surface area contributed by atoms with Gasteiger partial charge in [0.25, 0.3) is 11.5 Å². The fourth-order valence-electron chi connectivity index (χ4n) is 5.34. The fraction of sp³-hybridized carbons (Fsp3) is 0.235. The van der Waals surface area contributed by atoms with E-state index in [2.05, 4.69) is 16.0 Å². The van der Waals surface area contributed by atoms with E-state index in [1.54, 1.807) is 50.4 Å². The van der Waals surface area contributed by atoms with Crippen LogP contribution >= 0.6 is 11.3 Å². The van der Waals surface area contributed by atoms with Crippen molar-refractivity contribution in [2.45, 2.75) is 26.4 Å². The largest absolute Gasteiger partial charge is 0.385 e. The van der Waals surface area contributed by atoms with E-state index < -0.39 is 35.3 Å². The molecule has 0 bridgehead atoms. The van der Waals surface area contributed by atoms with Gasteiger partial charge >= 0.3 is 11.7 Å². The van der Waals surface area contributed by atoms with Gasteiger partial charge in [0, 0.05) is 42.9 Å². The third-order valence-corrected chi connectivity index (χ3v) is 8.91. The van der Waals surface area contributed by atoms with Gasteiger partial charge in [0.05, 0.1) is 23.2 Å². The van der Waals surface area contributed by atoms with E-state index in [0.717, 1.165) is 32.6 Å². The van der Waals surface area contributed by atoms with Gasteiger partial charge < -0.3 is 26.4 Å². The number of nitrogens with one attached hydrogen (secondary N) is 3. The van der Waals surface area contributed by atoms with E-state index in [4.69, 9.17) is 10.5 Å². The number of rotatable bonds is 13. The molecule has 0 saturated heterocycles. The molecule has 0 saturated carbocycles. The van der Waals surface area contributed by atoms with Gasteiger partial charge in [0.1, 0.15) is 16.5 Å². The first-order valence-electron chi connectivity index (χ1n) is 15.1. The minimum atomic E-state index is -0.905. The second kappa shape index (κ2) is 15.2. The topological polar surface area (TPSA) is 149 Å². The molecule has 0 atom stereocenters. The van der Waals surface area contributed by atoms with Crippen LogP contribution in [0.3, 0.4) is 0 Å². The molecule has 0 aliphatic heterocycles. The summed E-state index contributed by atoms with van der Waals surface area (Å²) in [5.74, 6) is -2.59. The van der Waals surface area contributed by atoms with Crippen LogP contribution in [-0.4, -0.2) is 47.9 Å². The Morgan fingerprint density at radius 1 is 0.958 bits per heavy atom. The first-order chi connectivity index (χ1) is 23.2. The number of benzene rings is 3. The zero-order chi connectivity index (χ0) is 34.4. The van der Waals surface area contributed by atoms with Gasteiger partial charge in [-0.2, -0.15) is 0 Å². The number of urea groups is 1. The molecule has 5 rings (SSSR count). The molecular weight excluding hydrogens is 642 g/mol. The van der Waals surface area contributed by atoms with E-state index in [0.29, 0.717) is 47.8 Å². The third kappa shape index (κ3) is 7.05. The number of nitrogens with two attached hydrogens (primary N) is 1. The molecule has 48 heavy (non-hydrogen) atoms. The number of nitrogens with zero attached hydrogens (tertiary/aromatic N) is 2. The van der Waals surface area contributed by atoms with Crippen molar-refractivity contribution >= 4 is 39.2 Å². The number of methoxy groups -OCH3 is 1. The lowest BCUT2D eigenvalue weighted by molar-refractivity contribution is 0.1000. The molecule has 0 fully saturated rings. The first kappa shape index (κ1) is 34.2. The summed E-state index contributed by atoms with van der Waals surface area (Å²) >= 11 is 1.12. The number of thiophene rings is 1. The van der Waals surface area contributed by atoms with Gasteiger partial charge in [0.15, 0.2) is 0 Å². The summed E-state index contributed by atoms with van der Waals surface area (Å²) in [6.45, 7) is 2.95. The Morgan fingerprint density at radius 3 is 2.33 bits per heavy atom. The number of para-hydroxylation sites is 1. The average molecular weight is 677 g/mol. The Morgan fingerprint density at radius 2 is 1.67 bits per heavy atom. The Bertz CT molecular complexity index is 2070. The van der Waals surface area contributed by atoms with Gasteiger partial charge in [-0.15, -0.1) is 11.3 Å². The number of halogens is 2. The van der Waals surface area contributed by atoms with Gasteiger partial charge in [0.2, 0.25) is 0 Å². The van der Waals surface area contributed by atoms with Crippen LogP contribution in [0, 0.1) is 11.6 Å². The summed E-state index contributed by atoms with van der Waals surface area (Å²) in [5, 5.41) is 8.86. The van der Waals surface area contributed by atoms with Crippen molar-refractivity contribution in [3.05, 3.63) is 116 Å². The van der Waals surface area contributed by atoms with Gasteiger partial charge in [-0.1, -0.05) is 30.3 Å². The smallest absolute Gasteiger partial charge is 0.337 e. The van der Waals surface area contributed by atoms with Gasteiger partial charge in [-0.05, 0) is 67.4 Å². The highest BCUT2D eigenvalue weighted by molar-refractivity contribution is 7.22. The Hall–Kier alpha value is -5.18. The predicted octanol–water partition coefficient (Wildman–Crippen LogP) is 4.57. The molecule has 5 N–H and O–H groups in total. The minimum absolute atomic E-state index is 0.0582. The van der Waals surface area contributed by atoms with Crippen molar-refractivity contribution in [2.24, 2.45) is 5.73 Å². The number of anilines is 1. The van der Waals surface area contributed by atoms with Gasteiger partial charge in [-0.3, -0.25) is 14.2 Å². The maximum absolute atomic E-state index is 15.0. The zero-order valence-electron chi connectivity index (χ0n) is 26.3. The van der Waals surface area contributed by atoms with Crippen LogP contribution in [0.1, 0.15) is 34.8 Å². The number of primary amides is 1. The first-order valence-corrected chi connectivity index (χ1v) is 16.0. The van der Waals surface area contributed by atoms with Crippen LogP contribution < -0.4 is 32.9 Å². The molecule has 3 amide bonds. The van der Waals surface area contributed by atoms with Crippen LogP contribution in [-0.2, 0) is 17.8 Å². The Balaban J connectivity index is 1.79.